The number of hydrogen-bond acceptors (Lipinski definition) is 4. The Hall–Kier alpha value is -1.63. The van der Waals surface area contributed by atoms with E-state index in [1.54, 1.807) is 24.0 Å². The first-order chi connectivity index (χ1) is 12.1. The van der Waals surface area contributed by atoms with Crippen LogP contribution in [0.5, 0.6) is 0 Å². The highest BCUT2D eigenvalue weighted by Crippen LogP contribution is 2.20. The van der Waals surface area contributed by atoms with E-state index < -0.39 is 0 Å². The smallest absolute Gasteiger partial charge is 0.323 e. The summed E-state index contributed by atoms with van der Waals surface area (Å²) >= 11 is 0. The quantitative estimate of drug-likeness (QED) is 0.687. The van der Waals surface area contributed by atoms with E-state index in [0.29, 0.717) is 25.6 Å². The largest absolute Gasteiger partial charge is 0.370 e. The molecule has 25 heavy (non-hydrogen) atoms. The second kappa shape index (κ2) is 9.75. The average Bonchev–Trinajstić information content (AvgIpc) is 2.63. The van der Waals surface area contributed by atoms with Crippen molar-refractivity contribution in [1.82, 2.24) is 9.80 Å². The van der Waals surface area contributed by atoms with E-state index in [0.717, 1.165) is 12.0 Å². The van der Waals surface area contributed by atoms with Crippen LogP contribution in [0, 0.1) is 0 Å². The topological polar surface area (TPSA) is 51.2 Å². The maximum atomic E-state index is 12.3. The van der Waals surface area contributed by atoms with Gasteiger partial charge in [0.25, 0.3) is 0 Å². The number of methoxy groups -OCH3 is 2. The lowest BCUT2D eigenvalue weighted by Gasteiger charge is -2.39. The van der Waals surface area contributed by atoms with Gasteiger partial charge in [-0.1, -0.05) is 38.1 Å². The van der Waals surface area contributed by atoms with Gasteiger partial charge in [0.15, 0.2) is 0 Å². The molecule has 1 aromatic rings. The van der Waals surface area contributed by atoms with Gasteiger partial charge >= 0.3 is 6.03 Å². The van der Waals surface area contributed by atoms with Crippen LogP contribution in [-0.2, 0) is 20.8 Å². The third-order valence-electron chi connectivity index (χ3n) is 4.61. The highest BCUT2D eigenvalue weighted by atomic mass is 16.5. The number of amides is 2. The fourth-order valence-corrected chi connectivity index (χ4v) is 2.93. The summed E-state index contributed by atoms with van der Waals surface area (Å²) in [4.78, 5) is 15.6. The second-order valence-corrected chi connectivity index (χ2v) is 6.55. The fraction of sp³-hybridized carbons (Fsp3) is 0.632. The van der Waals surface area contributed by atoms with E-state index in [2.05, 4.69) is 38.1 Å². The van der Waals surface area contributed by atoms with Crippen molar-refractivity contribution in [2.75, 3.05) is 40.8 Å². The van der Waals surface area contributed by atoms with Gasteiger partial charge in [0.1, 0.15) is 13.5 Å². The molecule has 0 N–H and O–H groups in total. The molecule has 6 nitrogen and oxygen atoms in total. The molecule has 1 aliphatic heterocycles. The molecule has 0 saturated carbocycles. The Morgan fingerprint density at radius 3 is 2.12 bits per heavy atom. The lowest BCUT2D eigenvalue weighted by atomic mass is 9.98. The highest BCUT2D eigenvalue weighted by Gasteiger charge is 2.32. The van der Waals surface area contributed by atoms with Crippen molar-refractivity contribution < 1.29 is 19.0 Å². The van der Waals surface area contributed by atoms with Gasteiger partial charge in [-0.15, -0.1) is 0 Å². The molecule has 140 valence electrons. The van der Waals surface area contributed by atoms with Crippen LogP contribution in [0.4, 0.5) is 4.79 Å². The normalized spacial score (nSPS) is 17.2. The molecule has 1 atom stereocenters. The first kappa shape index (κ1) is 19.7. The van der Waals surface area contributed by atoms with Crippen LogP contribution >= 0.6 is 0 Å². The van der Waals surface area contributed by atoms with E-state index in [-0.39, 0.29) is 25.6 Å². The molecule has 0 bridgehead atoms. The van der Waals surface area contributed by atoms with E-state index in [4.69, 9.17) is 14.2 Å². The van der Waals surface area contributed by atoms with Crippen molar-refractivity contribution in [2.24, 2.45) is 0 Å². The first-order valence-electron chi connectivity index (χ1n) is 8.81. The highest BCUT2D eigenvalue weighted by molar-refractivity contribution is 5.75. The number of nitrogens with zero attached hydrogens (tertiary/aromatic N) is 2. The monoisotopic (exact) mass is 350 g/mol. The van der Waals surface area contributed by atoms with Gasteiger partial charge in [-0.3, -0.25) is 9.80 Å². The number of urea groups is 1. The minimum absolute atomic E-state index is 0.0720. The van der Waals surface area contributed by atoms with Crippen molar-refractivity contribution in [2.45, 2.75) is 38.9 Å². The molecule has 1 saturated heterocycles. The zero-order valence-corrected chi connectivity index (χ0v) is 15.7. The van der Waals surface area contributed by atoms with Crippen LogP contribution in [0.2, 0.25) is 0 Å². The Morgan fingerprint density at radius 2 is 1.64 bits per heavy atom. The number of hydrogen-bond donors (Lipinski definition) is 0. The standard InChI is InChI=1S/C19H30N2O4/c1-5-15(2)17-8-6-16(7-9-17)12-25-18-10-20(13-23-3)19(22)21(11-18)14-24-4/h6-9,15,18H,5,10-14H2,1-4H3. The van der Waals surface area contributed by atoms with Crippen LogP contribution in [-0.4, -0.2) is 62.7 Å². The molecule has 2 rings (SSSR count). The van der Waals surface area contributed by atoms with Gasteiger partial charge in [-0.25, -0.2) is 4.79 Å². The number of benzene rings is 1. The minimum Gasteiger partial charge on any atom is -0.370 e. The van der Waals surface area contributed by atoms with Crippen LogP contribution in [0.25, 0.3) is 0 Å². The number of carbonyl (C=O) groups is 1. The molecule has 0 aliphatic carbocycles. The van der Waals surface area contributed by atoms with E-state index in [9.17, 15) is 4.79 Å². The Bertz CT molecular complexity index is 517. The summed E-state index contributed by atoms with van der Waals surface area (Å²) in [5.74, 6) is 0.574. The third kappa shape index (κ3) is 5.42. The summed E-state index contributed by atoms with van der Waals surface area (Å²) in [7, 11) is 3.16. The predicted molar refractivity (Wildman–Crippen MR) is 96.3 cm³/mol. The van der Waals surface area contributed by atoms with Gasteiger partial charge in [-0.05, 0) is 23.5 Å². The molecule has 0 aromatic heterocycles. The Labute approximate surface area is 150 Å². The van der Waals surface area contributed by atoms with Crippen LogP contribution < -0.4 is 0 Å². The summed E-state index contributed by atoms with van der Waals surface area (Å²) in [5, 5.41) is 0. The maximum Gasteiger partial charge on any atom is 0.323 e. The molecular formula is C19H30N2O4. The second-order valence-electron chi connectivity index (χ2n) is 6.55. The van der Waals surface area contributed by atoms with Crippen LogP contribution in [0.15, 0.2) is 24.3 Å². The van der Waals surface area contributed by atoms with Gasteiger partial charge in [0, 0.05) is 14.2 Å². The van der Waals surface area contributed by atoms with E-state index >= 15 is 0 Å². The summed E-state index contributed by atoms with van der Waals surface area (Å²) in [5.41, 5.74) is 2.49. The lowest BCUT2D eigenvalue weighted by Crippen LogP contribution is -2.57. The fourth-order valence-electron chi connectivity index (χ4n) is 2.93. The number of ether oxygens (including phenoxy) is 3. The lowest BCUT2D eigenvalue weighted by molar-refractivity contribution is -0.0592. The van der Waals surface area contributed by atoms with Crippen molar-refractivity contribution in [1.29, 1.82) is 0 Å². The SMILES string of the molecule is CCC(C)c1ccc(COC2CN(COC)C(=O)N(COC)C2)cc1. The number of carbonyl (C=O) groups excluding carboxylic acids is 1. The molecule has 6 heteroatoms. The Balaban J connectivity index is 1.93. The Morgan fingerprint density at radius 1 is 1.08 bits per heavy atom. The van der Waals surface area contributed by atoms with Gasteiger partial charge in [0.05, 0.1) is 25.8 Å². The van der Waals surface area contributed by atoms with Crippen LogP contribution in [0.1, 0.15) is 37.3 Å². The molecular weight excluding hydrogens is 320 g/mol. The third-order valence-corrected chi connectivity index (χ3v) is 4.61. The first-order valence-corrected chi connectivity index (χ1v) is 8.81. The molecule has 1 unspecified atom stereocenters. The summed E-state index contributed by atoms with van der Waals surface area (Å²) in [6, 6.07) is 8.50. The van der Waals surface area contributed by atoms with Crippen molar-refractivity contribution in [3.63, 3.8) is 0 Å². The Kier molecular flexibility index (Phi) is 7.68. The molecule has 0 spiro atoms. The molecule has 1 aromatic carbocycles. The number of rotatable bonds is 9. The molecule has 1 aliphatic rings. The summed E-state index contributed by atoms with van der Waals surface area (Å²) in [6.45, 7) is 6.52. The molecule has 1 heterocycles. The van der Waals surface area contributed by atoms with E-state index in [1.165, 1.54) is 5.56 Å². The zero-order chi connectivity index (χ0) is 18.2. The molecule has 0 radical (unpaired) electrons. The zero-order valence-electron chi connectivity index (χ0n) is 15.7. The van der Waals surface area contributed by atoms with E-state index in [1.807, 2.05) is 0 Å². The van der Waals surface area contributed by atoms with Gasteiger partial charge in [0.2, 0.25) is 0 Å². The van der Waals surface area contributed by atoms with Gasteiger partial charge < -0.3 is 14.2 Å². The van der Waals surface area contributed by atoms with Crippen LogP contribution in [0.3, 0.4) is 0 Å². The predicted octanol–water partition coefficient (Wildman–Crippen LogP) is 3.03. The van der Waals surface area contributed by atoms with Crippen molar-refractivity contribution >= 4 is 6.03 Å². The summed E-state index contributed by atoms with van der Waals surface area (Å²) in [6.07, 6.45) is 1.06. The maximum absolute atomic E-state index is 12.3. The molecule has 2 amide bonds. The van der Waals surface area contributed by atoms with Gasteiger partial charge in [-0.2, -0.15) is 0 Å². The molecule has 1 fully saturated rings. The van der Waals surface area contributed by atoms with Crippen molar-refractivity contribution in [3.05, 3.63) is 35.4 Å². The average molecular weight is 350 g/mol. The minimum atomic E-state index is -0.0820. The summed E-state index contributed by atoms with van der Waals surface area (Å²) < 4.78 is 16.3. The van der Waals surface area contributed by atoms with Crippen molar-refractivity contribution in [3.8, 4) is 0 Å².